The molecule has 1 heterocycles. The fraction of sp³-hybridized carbons (Fsp3) is 1.00. The average molecular weight is 158 g/mol. The van der Waals surface area contributed by atoms with Gasteiger partial charge in [0.2, 0.25) is 0 Å². The van der Waals surface area contributed by atoms with Crippen molar-refractivity contribution < 1.29 is 4.84 Å². The molecule has 0 spiro atoms. The highest BCUT2D eigenvalue weighted by molar-refractivity contribution is 4.71. The molecule has 1 unspecified atom stereocenters. The van der Waals surface area contributed by atoms with Gasteiger partial charge >= 0.3 is 0 Å². The van der Waals surface area contributed by atoms with Crippen LogP contribution >= 0.6 is 0 Å². The standard InChI is InChI=1S/C8H18N2O/c1-2-5-10-6-3-4-8(7-10)11-9/h8H,2-7,9H2,1H3. The molecule has 0 bridgehead atoms. The number of nitrogens with zero attached hydrogens (tertiary/aromatic N) is 1. The number of nitrogens with two attached hydrogens (primary N) is 1. The van der Waals surface area contributed by atoms with Crippen LogP contribution in [-0.2, 0) is 4.84 Å². The minimum Gasteiger partial charge on any atom is -0.301 e. The third kappa shape index (κ3) is 2.77. The Labute approximate surface area is 68.5 Å². The molecule has 3 nitrogen and oxygen atoms in total. The van der Waals surface area contributed by atoms with Gasteiger partial charge in [0.1, 0.15) is 0 Å². The second kappa shape index (κ2) is 4.70. The molecule has 0 aromatic rings. The summed E-state index contributed by atoms with van der Waals surface area (Å²) in [5.41, 5.74) is 0. The molecule has 0 amide bonds. The lowest BCUT2D eigenvalue weighted by Gasteiger charge is -2.30. The van der Waals surface area contributed by atoms with Gasteiger partial charge in [-0.25, -0.2) is 5.90 Å². The van der Waals surface area contributed by atoms with Crippen molar-refractivity contribution in [2.75, 3.05) is 19.6 Å². The molecule has 0 aromatic carbocycles. The zero-order valence-electron chi connectivity index (χ0n) is 7.25. The predicted molar refractivity (Wildman–Crippen MR) is 45.0 cm³/mol. The fourth-order valence-corrected chi connectivity index (χ4v) is 1.64. The number of piperidine rings is 1. The molecule has 0 radical (unpaired) electrons. The van der Waals surface area contributed by atoms with Gasteiger partial charge in [-0.2, -0.15) is 0 Å². The Morgan fingerprint density at radius 2 is 2.45 bits per heavy atom. The largest absolute Gasteiger partial charge is 0.301 e. The molecular weight excluding hydrogens is 140 g/mol. The van der Waals surface area contributed by atoms with E-state index in [-0.39, 0.29) is 6.10 Å². The summed E-state index contributed by atoms with van der Waals surface area (Å²) in [6.45, 7) is 5.62. The molecule has 3 heteroatoms. The van der Waals surface area contributed by atoms with E-state index in [9.17, 15) is 0 Å². The molecule has 1 aliphatic heterocycles. The summed E-state index contributed by atoms with van der Waals surface area (Å²) in [6, 6.07) is 0. The van der Waals surface area contributed by atoms with Crippen molar-refractivity contribution in [3.63, 3.8) is 0 Å². The van der Waals surface area contributed by atoms with Gasteiger partial charge in [0.05, 0.1) is 6.10 Å². The minimum atomic E-state index is 0.273. The molecule has 1 aliphatic rings. The number of likely N-dealkylation sites (tertiary alicyclic amines) is 1. The number of rotatable bonds is 3. The summed E-state index contributed by atoms with van der Waals surface area (Å²) in [5, 5.41) is 0. The van der Waals surface area contributed by atoms with Gasteiger partial charge in [-0.15, -0.1) is 0 Å². The van der Waals surface area contributed by atoms with Crippen molar-refractivity contribution in [1.29, 1.82) is 0 Å². The van der Waals surface area contributed by atoms with Gasteiger partial charge in [0, 0.05) is 6.54 Å². The highest BCUT2D eigenvalue weighted by Gasteiger charge is 2.18. The van der Waals surface area contributed by atoms with E-state index in [1.807, 2.05) is 0 Å². The summed E-state index contributed by atoms with van der Waals surface area (Å²) in [4.78, 5) is 7.24. The van der Waals surface area contributed by atoms with Crippen molar-refractivity contribution in [2.24, 2.45) is 5.90 Å². The lowest BCUT2D eigenvalue weighted by atomic mass is 10.1. The molecule has 0 aromatic heterocycles. The van der Waals surface area contributed by atoms with E-state index in [0.29, 0.717) is 0 Å². The summed E-state index contributed by atoms with van der Waals surface area (Å²) < 4.78 is 0. The Morgan fingerprint density at radius 3 is 3.09 bits per heavy atom. The molecule has 0 aliphatic carbocycles. The maximum atomic E-state index is 5.13. The first-order valence-corrected chi connectivity index (χ1v) is 4.44. The van der Waals surface area contributed by atoms with E-state index >= 15 is 0 Å². The first-order chi connectivity index (χ1) is 5.36. The van der Waals surface area contributed by atoms with Gasteiger partial charge in [-0.3, -0.25) is 4.84 Å². The first-order valence-electron chi connectivity index (χ1n) is 4.44. The summed E-state index contributed by atoms with van der Waals surface area (Å²) in [7, 11) is 0. The smallest absolute Gasteiger partial charge is 0.0914 e. The third-order valence-corrected chi connectivity index (χ3v) is 2.19. The second-order valence-electron chi connectivity index (χ2n) is 3.20. The number of hydrogen-bond acceptors (Lipinski definition) is 3. The van der Waals surface area contributed by atoms with E-state index < -0.39 is 0 Å². The zero-order chi connectivity index (χ0) is 8.10. The van der Waals surface area contributed by atoms with E-state index in [2.05, 4.69) is 11.8 Å². The monoisotopic (exact) mass is 158 g/mol. The van der Waals surface area contributed by atoms with Gasteiger partial charge in [0.15, 0.2) is 0 Å². The van der Waals surface area contributed by atoms with Gasteiger partial charge in [-0.1, -0.05) is 6.92 Å². The second-order valence-corrected chi connectivity index (χ2v) is 3.20. The van der Waals surface area contributed by atoms with E-state index in [0.717, 1.165) is 13.0 Å². The van der Waals surface area contributed by atoms with E-state index in [4.69, 9.17) is 10.7 Å². The lowest BCUT2D eigenvalue weighted by molar-refractivity contribution is -0.00133. The van der Waals surface area contributed by atoms with Crippen LogP contribution in [0.25, 0.3) is 0 Å². The molecule has 66 valence electrons. The van der Waals surface area contributed by atoms with Crippen molar-refractivity contribution in [1.82, 2.24) is 4.90 Å². The number of hydrogen-bond donors (Lipinski definition) is 1. The Kier molecular flexibility index (Phi) is 3.83. The highest BCUT2D eigenvalue weighted by atomic mass is 16.6. The van der Waals surface area contributed by atoms with Crippen LogP contribution in [0.1, 0.15) is 26.2 Å². The van der Waals surface area contributed by atoms with Gasteiger partial charge in [0.25, 0.3) is 0 Å². The quantitative estimate of drug-likeness (QED) is 0.616. The van der Waals surface area contributed by atoms with Crippen molar-refractivity contribution in [2.45, 2.75) is 32.3 Å². The van der Waals surface area contributed by atoms with E-state index in [1.165, 1.54) is 25.9 Å². The van der Waals surface area contributed by atoms with Crippen LogP contribution in [0.2, 0.25) is 0 Å². The molecule has 1 rings (SSSR count). The van der Waals surface area contributed by atoms with Crippen molar-refractivity contribution in [3.05, 3.63) is 0 Å². The minimum absolute atomic E-state index is 0.273. The maximum absolute atomic E-state index is 5.13. The molecule has 1 saturated heterocycles. The molecule has 0 saturated carbocycles. The SMILES string of the molecule is CCCN1CCCC(ON)C1. The first kappa shape index (κ1) is 8.97. The van der Waals surface area contributed by atoms with E-state index in [1.54, 1.807) is 0 Å². The molecule has 1 fully saturated rings. The van der Waals surface area contributed by atoms with Crippen LogP contribution in [0.15, 0.2) is 0 Å². The third-order valence-electron chi connectivity index (χ3n) is 2.19. The van der Waals surface area contributed by atoms with Gasteiger partial charge < -0.3 is 4.90 Å². The summed E-state index contributed by atoms with van der Waals surface area (Å²) >= 11 is 0. The topological polar surface area (TPSA) is 38.5 Å². The van der Waals surface area contributed by atoms with Crippen LogP contribution in [0.3, 0.4) is 0 Å². The Balaban J connectivity index is 2.21. The molecule has 11 heavy (non-hydrogen) atoms. The Bertz CT molecular complexity index is 106. The Hall–Kier alpha value is -0.120. The van der Waals surface area contributed by atoms with Gasteiger partial charge in [-0.05, 0) is 32.4 Å². The average Bonchev–Trinajstić information content (AvgIpc) is 2.06. The van der Waals surface area contributed by atoms with Crippen LogP contribution < -0.4 is 5.90 Å². The van der Waals surface area contributed by atoms with Crippen LogP contribution in [0.4, 0.5) is 0 Å². The predicted octanol–water partition coefficient (Wildman–Crippen LogP) is 0.751. The molecule has 2 N–H and O–H groups in total. The highest BCUT2D eigenvalue weighted by Crippen LogP contribution is 2.11. The Morgan fingerprint density at radius 1 is 1.64 bits per heavy atom. The fourth-order valence-electron chi connectivity index (χ4n) is 1.64. The molecular formula is C8H18N2O. The summed E-state index contributed by atoms with van der Waals surface area (Å²) in [5.74, 6) is 5.13. The van der Waals surface area contributed by atoms with Crippen molar-refractivity contribution >= 4 is 0 Å². The van der Waals surface area contributed by atoms with Crippen LogP contribution in [-0.4, -0.2) is 30.6 Å². The van der Waals surface area contributed by atoms with Crippen LogP contribution in [0.5, 0.6) is 0 Å². The van der Waals surface area contributed by atoms with Crippen molar-refractivity contribution in [3.8, 4) is 0 Å². The summed E-state index contributed by atoms with van der Waals surface area (Å²) in [6.07, 6.45) is 3.84. The van der Waals surface area contributed by atoms with Crippen LogP contribution in [0, 0.1) is 0 Å². The maximum Gasteiger partial charge on any atom is 0.0914 e. The zero-order valence-corrected chi connectivity index (χ0v) is 7.25. The normalized spacial score (nSPS) is 27.3. The molecule has 1 atom stereocenters. The lowest BCUT2D eigenvalue weighted by Crippen LogP contribution is -2.40.